The van der Waals surface area contributed by atoms with E-state index in [2.05, 4.69) is 5.10 Å². The quantitative estimate of drug-likeness (QED) is 0.822. The first-order valence-corrected chi connectivity index (χ1v) is 5.10. The van der Waals surface area contributed by atoms with Gasteiger partial charge >= 0.3 is 0 Å². The van der Waals surface area contributed by atoms with Gasteiger partial charge in [-0.25, -0.2) is 4.68 Å². The molecule has 0 radical (unpaired) electrons. The van der Waals surface area contributed by atoms with Gasteiger partial charge in [-0.15, -0.1) is 0 Å². The Morgan fingerprint density at radius 2 is 2.07 bits per heavy atom. The highest BCUT2D eigenvalue weighted by Gasteiger charge is 2.02. The van der Waals surface area contributed by atoms with Gasteiger partial charge in [-0.2, -0.15) is 5.10 Å². The summed E-state index contributed by atoms with van der Waals surface area (Å²) in [7, 11) is 0. The van der Waals surface area contributed by atoms with Gasteiger partial charge in [0.2, 0.25) is 0 Å². The average Bonchev–Trinajstić information content (AvgIpc) is 2.67. The van der Waals surface area contributed by atoms with E-state index in [0.29, 0.717) is 0 Å². The fourth-order valence-electron chi connectivity index (χ4n) is 1.56. The smallest absolute Gasteiger partial charge is 0.0645 e. The van der Waals surface area contributed by atoms with E-state index in [1.54, 1.807) is 0 Å². The average molecular weight is 201 g/mol. The standard InChI is InChI=1S/C12H15N3/c1-10(13)7-11-8-14-15(9-11)12-5-3-2-4-6-12/h2-6,8-10H,7,13H2,1H3/t10-/m0/s1. The van der Waals surface area contributed by atoms with Gasteiger partial charge < -0.3 is 5.73 Å². The highest BCUT2D eigenvalue weighted by molar-refractivity contribution is 5.30. The van der Waals surface area contributed by atoms with E-state index in [0.717, 1.165) is 12.1 Å². The molecule has 3 nitrogen and oxygen atoms in total. The van der Waals surface area contributed by atoms with Crippen LogP contribution in [0, 0.1) is 0 Å². The minimum atomic E-state index is 0.179. The maximum absolute atomic E-state index is 5.74. The molecule has 0 fully saturated rings. The summed E-state index contributed by atoms with van der Waals surface area (Å²) in [6.07, 6.45) is 4.77. The molecule has 0 aliphatic heterocycles. The van der Waals surface area contributed by atoms with Crippen LogP contribution in [-0.2, 0) is 6.42 Å². The second-order valence-electron chi connectivity index (χ2n) is 3.81. The van der Waals surface area contributed by atoms with Crippen LogP contribution in [0.25, 0.3) is 5.69 Å². The van der Waals surface area contributed by atoms with Crippen LogP contribution < -0.4 is 5.73 Å². The minimum Gasteiger partial charge on any atom is -0.328 e. The normalized spacial score (nSPS) is 12.7. The Morgan fingerprint density at radius 3 is 2.73 bits per heavy atom. The molecule has 3 heteroatoms. The lowest BCUT2D eigenvalue weighted by Crippen LogP contribution is -2.17. The van der Waals surface area contributed by atoms with Crippen molar-refractivity contribution < 1.29 is 0 Å². The van der Waals surface area contributed by atoms with E-state index in [1.165, 1.54) is 5.56 Å². The Labute approximate surface area is 89.5 Å². The summed E-state index contributed by atoms with van der Waals surface area (Å²) in [4.78, 5) is 0. The summed E-state index contributed by atoms with van der Waals surface area (Å²) in [6.45, 7) is 2.00. The van der Waals surface area contributed by atoms with E-state index >= 15 is 0 Å². The first kappa shape index (κ1) is 9.93. The number of hydrogen-bond acceptors (Lipinski definition) is 2. The van der Waals surface area contributed by atoms with Crippen LogP contribution in [0.4, 0.5) is 0 Å². The van der Waals surface area contributed by atoms with Gasteiger partial charge in [-0.05, 0) is 31.0 Å². The first-order valence-electron chi connectivity index (χ1n) is 5.10. The minimum absolute atomic E-state index is 0.179. The van der Waals surface area contributed by atoms with Gasteiger partial charge in [0, 0.05) is 12.2 Å². The van der Waals surface area contributed by atoms with E-state index in [9.17, 15) is 0 Å². The van der Waals surface area contributed by atoms with Crippen LogP contribution in [0.15, 0.2) is 42.7 Å². The lowest BCUT2D eigenvalue weighted by Gasteiger charge is -2.01. The fourth-order valence-corrected chi connectivity index (χ4v) is 1.56. The zero-order valence-electron chi connectivity index (χ0n) is 8.80. The topological polar surface area (TPSA) is 43.8 Å². The molecule has 0 saturated carbocycles. The molecule has 15 heavy (non-hydrogen) atoms. The third-order valence-corrected chi connectivity index (χ3v) is 2.21. The molecule has 0 bridgehead atoms. The Hall–Kier alpha value is -1.61. The summed E-state index contributed by atoms with van der Waals surface area (Å²) >= 11 is 0. The molecular weight excluding hydrogens is 186 g/mol. The summed E-state index contributed by atoms with van der Waals surface area (Å²) in [5.74, 6) is 0. The molecule has 0 saturated heterocycles. The van der Waals surface area contributed by atoms with Crippen molar-refractivity contribution in [2.75, 3.05) is 0 Å². The number of nitrogens with two attached hydrogens (primary N) is 1. The molecule has 2 rings (SSSR count). The monoisotopic (exact) mass is 201 g/mol. The van der Waals surface area contributed by atoms with Crippen LogP contribution in [0.5, 0.6) is 0 Å². The highest BCUT2D eigenvalue weighted by Crippen LogP contribution is 2.08. The second-order valence-corrected chi connectivity index (χ2v) is 3.81. The molecule has 1 atom stereocenters. The van der Waals surface area contributed by atoms with Crippen LogP contribution in [0.2, 0.25) is 0 Å². The molecule has 1 aromatic heterocycles. The van der Waals surface area contributed by atoms with Crippen molar-refractivity contribution in [3.8, 4) is 5.69 Å². The summed E-state index contributed by atoms with van der Waals surface area (Å²) in [6, 6.07) is 10.2. The molecule has 1 heterocycles. The van der Waals surface area contributed by atoms with E-state index in [1.807, 2.05) is 54.3 Å². The van der Waals surface area contributed by atoms with Crippen LogP contribution in [0.3, 0.4) is 0 Å². The lowest BCUT2D eigenvalue weighted by atomic mass is 10.1. The van der Waals surface area contributed by atoms with Gasteiger partial charge in [-0.3, -0.25) is 0 Å². The SMILES string of the molecule is C[C@H](N)Cc1cnn(-c2ccccc2)c1. The van der Waals surface area contributed by atoms with Gasteiger partial charge in [-0.1, -0.05) is 18.2 Å². The number of hydrogen-bond donors (Lipinski definition) is 1. The van der Waals surface area contributed by atoms with Crippen molar-refractivity contribution in [2.24, 2.45) is 5.73 Å². The van der Waals surface area contributed by atoms with E-state index in [-0.39, 0.29) is 6.04 Å². The molecular formula is C12H15N3. The summed E-state index contributed by atoms with van der Waals surface area (Å²) in [5.41, 5.74) is 7.99. The summed E-state index contributed by atoms with van der Waals surface area (Å²) < 4.78 is 1.87. The molecule has 0 aliphatic rings. The van der Waals surface area contributed by atoms with Crippen LogP contribution in [-0.4, -0.2) is 15.8 Å². The van der Waals surface area contributed by atoms with Crippen molar-refractivity contribution in [3.05, 3.63) is 48.3 Å². The van der Waals surface area contributed by atoms with Crippen molar-refractivity contribution >= 4 is 0 Å². The van der Waals surface area contributed by atoms with E-state index < -0.39 is 0 Å². The highest BCUT2D eigenvalue weighted by atomic mass is 15.3. The van der Waals surface area contributed by atoms with Gasteiger partial charge in [0.05, 0.1) is 11.9 Å². The zero-order valence-corrected chi connectivity index (χ0v) is 8.80. The molecule has 0 spiro atoms. The van der Waals surface area contributed by atoms with Gasteiger partial charge in [0.15, 0.2) is 0 Å². The maximum Gasteiger partial charge on any atom is 0.0645 e. The number of aromatic nitrogens is 2. The molecule has 1 aromatic carbocycles. The molecule has 0 aliphatic carbocycles. The van der Waals surface area contributed by atoms with Crippen molar-refractivity contribution in [3.63, 3.8) is 0 Å². The van der Waals surface area contributed by atoms with Crippen LogP contribution >= 0.6 is 0 Å². The third kappa shape index (κ3) is 2.44. The zero-order chi connectivity index (χ0) is 10.7. The predicted octanol–water partition coefficient (Wildman–Crippen LogP) is 1.76. The molecule has 2 N–H and O–H groups in total. The Kier molecular flexibility index (Phi) is 2.83. The summed E-state index contributed by atoms with van der Waals surface area (Å²) in [5, 5.41) is 4.30. The first-order chi connectivity index (χ1) is 7.25. The predicted molar refractivity (Wildman–Crippen MR) is 60.9 cm³/mol. The number of para-hydroxylation sites is 1. The second kappa shape index (κ2) is 4.28. The molecule has 0 amide bonds. The van der Waals surface area contributed by atoms with Gasteiger partial charge in [0.1, 0.15) is 0 Å². The lowest BCUT2D eigenvalue weighted by molar-refractivity contribution is 0.738. The number of nitrogens with zero attached hydrogens (tertiary/aromatic N) is 2. The van der Waals surface area contributed by atoms with Crippen molar-refractivity contribution in [2.45, 2.75) is 19.4 Å². The molecule has 2 aromatic rings. The largest absolute Gasteiger partial charge is 0.328 e. The Bertz CT molecular complexity index is 417. The van der Waals surface area contributed by atoms with Crippen molar-refractivity contribution in [1.29, 1.82) is 0 Å². The number of benzene rings is 1. The van der Waals surface area contributed by atoms with E-state index in [4.69, 9.17) is 5.73 Å². The molecule has 78 valence electrons. The number of rotatable bonds is 3. The molecule has 0 unspecified atom stereocenters. The fraction of sp³-hybridized carbons (Fsp3) is 0.250. The van der Waals surface area contributed by atoms with Crippen molar-refractivity contribution in [1.82, 2.24) is 9.78 Å². The Morgan fingerprint density at radius 1 is 1.33 bits per heavy atom. The van der Waals surface area contributed by atoms with Crippen LogP contribution in [0.1, 0.15) is 12.5 Å². The third-order valence-electron chi connectivity index (χ3n) is 2.21. The van der Waals surface area contributed by atoms with Gasteiger partial charge in [0.25, 0.3) is 0 Å². The maximum atomic E-state index is 5.74. The Balaban J connectivity index is 2.21.